The van der Waals surface area contributed by atoms with Crippen molar-refractivity contribution in [2.45, 2.75) is 26.2 Å². The van der Waals surface area contributed by atoms with Gasteiger partial charge in [0.25, 0.3) is 5.75 Å². The van der Waals surface area contributed by atoms with Crippen molar-refractivity contribution >= 4 is 16.9 Å². The van der Waals surface area contributed by atoms with Crippen LogP contribution in [-0.2, 0) is 4.79 Å². The summed E-state index contributed by atoms with van der Waals surface area (Å²) in [6, 6.07) is 4.25. The van der Waals surface area contributed by atoms with Crippen molar-refractivity contribution in [1.82, 2.24) is 0 Å². The number of unbranched alkanes of at least 4 members (excludes halogenated alkanes) is 2. The van der Waals surface area contributed by atoms with E-state index in [1.54, 1.807) is 6.08 Å². The minimum atomic E-state index is -1.13. The van der Waals surface area contributed by atoms with Crippen LogP contribution in [0.3, 0.4) is 0 Å². The molecular formula is C17H18O7. The summed E-state index contributed by atoms with van der Waals surface area (Å²) in [4.78, 5) is 22.4. The standard InChI is InChI=1S/C17H18O7/c1-2-3-4-5-8-22-16-15(20)12-7-6-11(23-10-14(18)19)9-13(12)24-17(16)21/h5-9,20H,2-4,10H2,1H3,(H,18,19)/b8-5+. The first kappa shape index (κ1) is 17.4. The molecule has 0 aliphatic heterocycles. The lowest BCUT2D eigenvalue weighted by molar-refractivity contribution is -0.139. The van der Waals surface area contributed by atoms with E-state index in [1.807, 2.05) is 0 Å². The van der Waals surface area contributed by atoms with Gasteiger partial charge in [-0.05, 0) is 31.1 Å². The van der Waals surface area contributed by atoms with E-state index in [0.29, 0.717) is 0 Å². The van der Waals surface area contributed by atoms with Crippen LogP contribution in [0.4, 0.5) is 0 Å². The van der Waals surface area contributed by atoms with Crippen LogP contribution in [-0.4, -0.2) is 22.8 Å². The molecule has 0 aliphatic rings. The number of rotatable bonds is 8. The second-order valence-corrected chi connectivity index (χ2v) is 5.04. The zero-order valence-corrected chi connectivity index (χ0v) is 13.2. The van der Waals surface area contributed by atoms with E-state index < -0.39 is 18.2 Å². The van der Waals surface area contributed by atoms with Crippen LogP contribution in [0.15, 0.2) is 39.7 Å². The molecule has 7 nitrogen and oxygen atoms in total. The molecule has 2 aromatic rings. The Bertz CT molecular complexity index is 804. The second kappa shape index (κ2) is 8.05. The average Bonchev–Trinajstić information content (AvgIpc) is 2.55. The van der Waals surface area contributed by atoms with Gasteiger partial charge < -0.3 is 24.1 Å². The van der Waals surface area contributed by atoms with Crippen LogP contribution in [0.25, 0.3) is 11.0 Å². The summed E-state index contributed by atoms with van der Waals surface area (Å²) < 4.78 is 15.3. The van der Waals surface area contributed by atoms with E-state index in [-0.39, 0.29) is 28.2 Å². The van der Waals surface area contributed by atoms with Crippen LogP contribution in [0.1, 0.15) is 26.2 Å². The highest BCUT2D eigenvalue weighted by Crippen LogP contribution is 2.33. The van der Waals surface area contributed by atoms with E-state index in [4.69, 9.17) is 19.0 Å². The topological polar surface area (TPSA) is 106 Å². The first-order valence-corrected chi connectivity index (χ1v) is 7.49. The average molecular weight is 334 g/mol. The molecule has 0 fully saturated rings. The Kier molecular flexibility index (Phi) is 5.83. The van der Waals surface area contributed by atoms with Crippen LogP contribution < -0.4 is 15.1 Å². The van der Waals surface area contributed by atoms with Gasteiger partial charge in [0.15, 0.2) is 12.4 Å². The molecule has 0 amide bonds. The molecule has 0 unspecified atom stereocenters. The van der Waals surface area contributed by atoms with E-state index in [2.05, 4.69) is 6.92 Å². The number of carbonyl (C=O) groups is 1. The van der Waals surface area contributed by atoms with E-state index >= 15 is 0 Å². The molecule has 0 spiro atoms. The maximum absolute atomic E-state index is 11.9. The van der Waals surface area contributed by atoms with Gasteiger partial charge in [0.1, 0.15) is 11.3 Å². The summed E-state index contributed by atoms with van der Waals surface area (Å²) in [6.07, 6.45) is 5.95. The fraction of sp³-hybridized carbons (Fsp3) is 0.294. The summed E-state index contributed by atoms with van der Waals surface area (Å²) >= 11 is 0. The maximum Gasteiger partial charge on any atom is 0.383 e. The Morgan fingerprint density at radius 1 is 1.38 bits per heavy atom. The molecule has 0 atom stereocenters. The summed E-state index contributed by atoms with van der Waals surface area (Å²) in [6.45, 7) is 1.54. The molecule has 2 N–H and O–H groups in total. The summed E-state index contributed by atoms with van der Waals surface area (Å²) in [7, 11) is 0. The SMILES string of the molecule is CCCC/C=C/Oc1c(O)c2ccc(OCC(=O)O)cc2oc1=O. The second-order valence-electron chi connectivity index (χ2n) is 5.04. The predicted molar refractivity (Wildman–Crippen MR) is 86.6 cm³/mol. The molecule has 24 heavy (non-hydrogen) atoms. The molecule has 7 heteroatoms. The largest absolute Gasteiger partial charge is 0.504 e. The predicted octanol–water partition coefficient (Wildman–Crippen LogP) is 3.04. The first-order valence-electron chi connectivity index (χ1n) is 7.49. The van der Waals surface area contributed by atoms with Crippen LogP contribution in [0, 0.1) is 0 Å². The van der Waals surface area contributed by atoms with Crippen LogP contribution in [0.5, 0.6) is 17.2 Å². The number of aromatic hydroxyl groups is 1. The van der Waals surface area contributed by atoms with Crippen molar-refractivity contribution in [2.75, 3.05) is 6.61 Å². The van der Waals surface area contributed by atoms with Gasteiger partial charge in [0.2, 0.25) is 0 Å². The van der Waals surface area contributed by atoms with E-state index in [9.17, 15) is 14.7 Å². The minimum Gasteiger partial charge on any atom is -0.504 e. The van der Waals surface area contributed by atoms with Gasteiger partial charge in [0.05, 0.1) is 11.6 Å². The number of allylic oxidation sites excluding steroid dienone is 1. The normalized spacial score (nSPS) is 11.0. The van der Waals surface area contributed by atoms with Crippen molar-refractivity contribution in [3.63, 3.8) is 0 Å². The molecule has 1 heterocycles. The number of hydrogen-bond acceptors (Lipinski definition) is 6. The molecule has 0 radical (unpaired) electrons. The Balaban J connectivity index is 2.26. The van der Waals surface area contributed by atoms with Gasteiger partial charge in [-0.3, -0.25) is 0 Å². The quantitative estimate of drug-likeness (QED) is 0.434. The van der Waals surface area contributed by atoms with Gasteiger partial charge in [-0.1, -0.05) is 13.3 Å². The van der Waals surface area contributed by atoms with Crippen molar-refractivity contribution in [3.8, 4) is 17.2 Å². The van der Waals surface area contributed by atoms with Crippen molar-refractivity contribution in [3.05, 3.63) is 41.0 Å². The number of carboxylic acid groups (broad SMARTS) is 1. The minimum absolute atomic E-state index is 0.0719. The lowest BCUT2D eigenvalue weighted by Crippen LogP contribution is -2.09. The third kappa shape index (κ3) is 4.28. The van der Waals surface area contributed by atoms with Gasteiger partial charge in [-0.15, -0.1) is 0 Å². The van der Waals surface area contributed by atoms with Gasteiger partial charge in [-0.25, -0.2) is 9.59 Å². The first-order chi connectivity index (χ1) is 11.5. The van der Waals surface area contributed by atoms with Gasteiger partial charge in [0, 0.05) is 6.07 Å². The van der Waals surface area contributed by atoms with Crippen molar-refractivity contribution in [1.29, 1.82) is 0 Å². The fourth-order valence-corrected chi connectivity index (χ4v) is 1.99. The molecule has 1 aromatic carbocycles. The Hall–Kier alpha value is -2.96. The van der Waals surface area contributed by atoms with E-state index in [0.717, 1.165) is 19.3 Å². The lowest BCUT2D eigenvalue weighted by atomic mass is 10.2. The van der Waals surface area contributed by atoms with Gasteiger partial charge in [-0.2, -0.15) is 0 Å². The Morgan fingerprint density at radius 3 is 2.88 bits per heavy atom. The summed E-state index contributed by atoms with van der Waals surface area (Å²) in [5.74, 6) is -1.56. The molecule has 0 aliphatic carbocycles. The molecule has 0 saturated carbocycles. The Morgan fingerprint density at radius 2 is 2.17 bits per heavy atom. The van der Waals surface area contributed by atoms with Crippen molar-refractivity contribution < 1.29 is 28.9 Å². The third-order valence-electron chi connectivity index (χ3n) is 3.18. The lowest BCUT2D eigenvalue weighted by Gasteiger charge is -2.07. The number of hydrogen-bond donors (Lipinski definition) is 2. The molecule has 0 saturated heterocycles. The van der Waals surface area contributed by atoms with Crippen LogP contribution >= 0.6 is 0 Å². The summed E-state index contributed by atoms with van der Waals surface area (Å²) in [5, 5.41) is 19.0. The number of carboxylic acids is 1. The number of fused-ring (bicyclic) bond motifs is 1. The fourth-order valence-electron chi connectivity index (χ4n) is 1.99. The van der Waals surface area contributed by atoms with Crippen LogP contribution in [0.2, 0.25) is 0 Å². The zero-order chi connectivity index (χ0) is 17.5. The Labute approximate surface area is 137 Å². The molecule has 128 valence electrons. The number of aliphatic carboxylic acids is 1. The highest BCUT2D eigenvalue weighted by Gasteiger charge is 2.15. The molecule has 2 rings (SSSR count). The van der Waals surface area contributed by atoms with E-state index in [1.165, 1.54) is 24.5 Å². The molecule has 0 bridgehead atoms. The highest BCUT2D eigenvalue weighted by atomic mass is 16.5. The monoisotopic (exact) mass is 334 g/mol. The smallest absolute Gasteiger partial charge is 0.383 e. The highest BCUT2D eigenvalue weighted by molar-refractivity contribution is 5.86. The van der Waals surface area contributed by atoms with Gasteiger partial charge >= 0.3 is 11.6 Å². The maximum atomic E-state index is 11.9. The molecule has 1 aromatic heterocycles. The summed E-state index contributed by atoms with van der Waals surface area (Å²) in [5.41, 5.74) is -0.766. The number of ether oxygens (including phenoxy) is 2. The molecular weight excluding hydrogens is 316 g/mol. The van der Waals surface area contributed by atoms with Crippen molar-refractivity contribution in [2.24, 2.45) is 0 Å². The number of benzene rings is 1. The zero-order valence-electron chi connectivity index (χ0n) is 13.2. The third-order valence-corrected chi connectivity index (χ3v) is 3.18.